The Labute approximate surface area is 288 Å². The Balaban J connectivity index is 1.65. The summed E-state index contributed by atoms with van der Waals surface area (Å²) in [4.78, 5) is 87.5. The van der Waals surface area contributed by atoms with Crippen LogP contribution in [0, 0.1) is 11.6 Å². The Kier molecular flexibility index (Phi) is 9.81. The number of imide groups is 2. The number of carbonyl (C=O) groups excluding carboxylic acids is 6. The van der Waals surface area contributed by atoms with Gasteiger partial charge in [-0.2, -0.15) is 0 Å². The zero-order valence-electron chi connectivity index (χ0n) is 27.9. The van der Waals surface area contributed by atoms with Gasteiger partial charge in [0.25, 0.3) is 23.6 Å². The second-order valence-corrected chi connectivity index (χ2v) is 12.8. The van der Waals surface area contributed by atoms with Crippen LogP contribution in [0.3, 0.4) is 0 Å². The van der Waals surface area contributed by atoms with Gasteiger partial charge >= 0.3 is 0 Å². The molecular formula is C40H36F2N2O6. The lowest BCUT2D eigenvalue weighted by atomic mass is 9.79. The van der Waals surface area contributed by atoms with E-state index < -0.39 is 46.8 Å². The molecule has 2 aliphatic heterocycles. The fraction of sp³-hybridized carbons (Fsp3) is 0.300. The van der Waals surface area contributed by atoms with Crippen LogP contribution in [-0.2, 0) is 0 Å². The molecule has 0 aromatic heterocycles. The van der Waals surface area contributed by atoms with Crippen LogP contribution in [0.15, 0.2) is 60.7 Å². The third-order valence-corrected chi connectivity index (χ3v) is 9.45. The number of halogens is 2. The molecule has 0 fully saturated rings. The maximum absolute atomic E-state index is 14.3. The van der Waals surface area contributed by atoms with Crippen molar-refractivity contribution >= 4 is 46.0 Å². The first-order valence-corrected chi connectivity index (χ1v) is 17.1. The number of carbonyl (C=O) groups is 6. The van der Waals surface area contributed by atoms with E-state index >= 15 is 0 Å². The molecule has 0 unspecified atom stereocenters. The lowest BCUT2D eigenvalue weighted by Gasteiger charge is -2.34. The number of hydrogen-bond acceptors (Lipinski definition) is 6. The highest BCUT2D eigenvalue weighted by molar-refractivity contribution is 6.38. The topological polar surface area (TPSA) is 109 Å². The lowest BCUT2D eigenvalue weighted by molar-refractivity contribution is 0.0584. The molecule has 8 nitrogen and oxygen atoms in total. The first kappa shape index (κ1) is 34.5. The molecule has 0 N–H and O–H groups in total. The van der Waals surface area contributed by atoms with E-state index in [1.54, 1.807) is 0 Å². The van der Waals surface area contributed by atoms with Crippen LogP contribution >= 0.6 is 0 Å². The predicted molar refractivity (Wildman–Crippen MR) is 183 cm³/mol. The van der Waals surface area contributed by atoms with Crippen LogP contribution in [0.1, 0.15) is 138 Å². The molecule has 10 heteroatoms. The quantitative estimate of drug-likeness (QED) is 0.0762. The van der Waals surface area contributed by atoms with Crippen molar-refractivity contribution in [3.63, 3.8) is 0 Å². The van der Waals surface area contributed by atoms with Crippen LogP contribution < -0.4 is 0 Å². The summed E-state index contributed by atoms with van der Waals surface area (Å²) < 4.78 is 27.7. The van der Waals surface area contributed by atoms with E-state index in [-0.39, 0.29) is 68.4 Å². The number of nitrogens with zero attached hydrogens (tertiary/aromatic N) is 2. The van der Waals surface area contributed by atoms with Crippen molar-refractivity contribution in [2.24, 2.45) is 0 Å². The maximum Gasteiger partial charge on any atom is 0.262 e. The molecule has 0 spiro atoms. The summed E-state index contributed by atoms with van der Waals surface area (Å²) in [7, 11) is 0. The molecule has 4 aromatic rings. The van der Waals surface area contributed by atoms with E-state index in [2.05, 4.69) is 0 Å². The molecule has 256 valence electrons. The SMILES string of the molecule is CCCCCCN1C(=O)c2cc(C(=O)c3ccc(F)cc3)c3c4c(cc(C(=O)c5ccc(F)cc5)c(c24)C1=O)C(=O)N(CCCCCC)C3=O. The van der Waals surface area contributed by atoms with Crippen molar-refractivity contribution in [3.05, 3.63) is 117 Å². The molecule has 0 atom stereocenters. The van der Waals surface area contributed by atoms with Crippen LogP contribution in [0.5, 0.6) is 0 Å². The molecule has 50 heavy (non-hydrogen) atoms. The molecular weight excluding hydrogens is 642 g/mol. The van der Waals surface area contributed by atoms with E-state index in [0.717, 1.165) is 72.6 Å². The molecule has 4 amide bonds. The average Bonchev–Trinajstić information content (AvgIpc) is 3.11. The minimum atomic E-state index is -0.763. The highest BCUT2D eigenvalue weighted by atomic mass is 19.1. The van der Waals surface area contributed by atoms with Gasteiger partial charge in [-0.15, -0.1) is 0 Å². The summed E-state index contributed by atoms with van der Waals surface area (Å²) in [6.45, 7) is 4.12. The minimum absolute atomic E-state index is 0.0386. The smallest absolute Gasteiger partial charge is 0.262 e. The first-order chi connectivity index (χ1) is 24.1. The van der Waals surface area contributed by atoms with Crippen LogP contribution in [0.25, 0.3) is 10.8 Å². The molecule has 0 aliphatic carbocycles. The standard InChI is InChI=1S/C40H36F2N2O6/c1-3-5-7-9-19-43-37(47)29-21-28(36(46)24-13-17-26(42)18-14-24)34-32-30(38(48)44(40(34)50)20-10-8-6-4-2)22-27(33(31(29)32)39(43)49)35(45)23-11-15-25(41)16-12-23/h11-18,21-22H,3-10,19-20H2,1-2H3. The van der Waals surface area contributed by atoms with Crippen molar-refractivity contribution in [2.45, 2.75) is 65.2 Å². The molecule has 0 saturated heterocycles. The Bertz CT molecular complexity index is 1920. The zero-order valence-corrected chi connectivity index (χ0v) is 27.9. The summed E-state index contributed by atoms with van der Waals surface area (Å²) >= 11 is 0. The van der Waals surface area contributed by atoms with Gasteiger partial charge in [0.15, 0.2) is 11.6 Å². The van der Waals surface area contributed by atoms with Gasteiger partial charge in [-0.25, -0.2) is 8.78 Å². The van der Waals surface area contributed by atoms with Crippen molar-refractivity contribution in [1.82, 2.24) is 9.80 Å². The van der Waals surface area contributed by atoms with E-state index in [0.29, 0.717) is 12.8 Å². The monoisotopic (exact) mass is 678 g/mol. The van der Waals surface area contributed by atoms with Crippen molar-refractivity contribution in [1.29, 1.82) is 0 Å². The fourth-order valence-electron chi connectivity index (χ4n) is 6.83. The van der Waals surface area contributed by atoms with E-state index in [4.69, 9.17) is 0 Å². The molecule has 0 saturated carbocycles. The molecule has 4 aromatic carbocycles. The van der Waals surface area contributed by atoms with Crippen molar-refractivity contribution < 1.29 is 37.5 Å². The fourth-order valence-corrected chi connectivity index (χ4v) is 6.83. The largest absolute Gasteiger partial charge is 0.289 e. The summed E-state index contributed by atoms with van der Waals surface area (Å²) in [5, 5.41) is -0.100. The Morgan fingerprint density at radius 2 is 0.880 bits per heavy atom. The van der Waals surface area contributed by atoms with E-state index in [9.17, 15) is 37.5 Å². The van der Waals surface area contributed by atoms with Gasteiger partial charge in [0.05, 0.1) is 11.1 Å². The van der Waals surface area contributed by atoms with Gasteiger partial charge in [0.1, 0.15) is 11.6 Å². The summed E-state index contributed by atoms with van der Waals surface area (Å²) in [6, 6.07) is 12.0. The molecule has 2 heterocycles. The predicted octanol–water partition coefficient (Wildman–Crippen LogP) is 7.93. The van der Waals surface area contributed by atoms with Gasteiger partial charge < -0.3 is 0 Å². The van der Waals surface area contributed by atoms with Gasteiger partial charge in [0.2, 0.25) is 0 Å². The Morgan fingerprint density at radius 3 is 1.22 bits per heavy atom. The number of unbranched alkanes of at least 4 members (excludes halogenated alkanes) is 6. The molecule has 0 bridgehead atoms. The summed E-state index contributed by atoms with van der Waals surface area (Å²) in [5.74, 6) is -5.48. The number of rotatable bonds is 14. The third-order valence-electron chi connectivity index (χ3n) is 9.45. The van der Waals surface area contributed by atoms with E-state index in [1.165, 1.54) is 36.4 Å². The number of amides is 4. The first-order valence-electron chi connectivity index (χ1n) is 17.1. The highest BCUT2D eigenvalue weighted by Crippen LogP contribution is 2.42. The Hall–Kier alpha value is -5.38. The third kappa shape index (κ3) is 6.03. The second-order valence-electron chi connectivity index (χ2n) is 12.8. The van der Waals surface area contributed by atoms with Crippen molar-refractivity contribution in [2.75, 3.05) is 13.1 Å². The van der Waals surface area contributed by atoms with Crippen LogP contribution in [0.2, 0.25) is 0 Å². The van der Waals surface area contributed by atoms with Gasteiger partial charge in [-0.3, -0.25) is 38.6 Å². The van der Waals surface area contributed by atoms with Crippen LogP contribution in [0.4, 0.5) is 8.78 Å². The number of ketones is 2. The van der Waals surface area contributed by atoms with Crippen molar-refractivity contribution in [3.8, 4) is 0 Å². The molecule has 0 radical (unpaired) electrons. The number of hydrogen-bond donors (Lipinski definition) is 0. The number of benzene rings is 4. The Morgan fingerprint density at radius 1 is 0.520 bits per heavy atom. The van der Waals surface area contributed by atoms with Crippen LogP contribution in [-0.4, -0.2) is 58.1 Å². The van der Waals surface area contributed by atoms with Gasteiger partial charge in [0, 0.05) is 57.2 Å². The summed E-state index contributed by atoms with van der Waals surface area (Å²) in [5.41, 5.74) is -0.785. The summed E-state index contributed by atoms with van der Waals surface area (Å²) in [6.07, 6.45) is 6.04. The normalized spacial score (nSPS) is 13.8. The zero-order chi connectivity index (χ0) is 35.7. The minimum Gasteiger partial charge on any atom is -0.289 e. The maximum atomic E-state index is 14.3. The highest BCUT2D eigenvalue weighted by Gasteiger charge is 2.44. The van der Waals surface area contributed by atoms with Gasteiger partial charge in [-0.05, 0) is 73.5 Å². The lowest BCUT2D eigenvalue weighted by Crippen LogP contribution is -2.45. The van der Waals surface area contributed by atoms with Gasteiger partial charge in [-0.1, -0.05) is 52.4 Å². The molecule has 6 rings (SSSR count). The second kappa shape index (κ2) is 14.2. The molecule has 2 aliphatic rings. The average molecular weight is 679 g/mol. The van der Waals surface area contributed by atoms with E-state index in [1.807, 2.05) is 13.8 Å².